The summed E-state index contributed by atoms with van der Waals surface area (Å²) >= 11 is 9.19. The van der Waals surface area contributed by atoms with Gasteiger partial charge in [0.15, 0.2) is 0 Å². The monoisotopic (exact) mass is 319 g/mol. The van der Waals surface area contributed by atoms with Crippen molar-refractivity contribution >= 4 is 39.4 Å². The number of rotatable bonds is 4. The van der Waals surface area contributed by atoms with E-state index < -0.39 is 0 Å². The van der Waals surface area contributed by atoms with Gasteiger partial charge in [0.2, 0.25) is 0 Å². The molecule has 0 saturated carbocycles. The van der Waals surface area contributed by atoms with Crippen LogP contribution >= 0.6 is 27.5 Å². The van der Waals surface area contributed by atoms with E-state index in [4.69, 9.17) is 11.6 Å². The molecule has 0 aliphatic heterocycles. The van der Waals surface area contributed by atoms with E-state index in [1.54, 1.807) is 18.2 Å². The summed E-state index contributed by atoms with van der Waals surface area (Å²) in [7, 11) is 1.30. The third kappa shape index (κ3) is 4.02. The summed E-state index contributed by atoms with van der Waals surface area (Å²) in [6, 6.07) is 5.07. The molecule has 6 heteroatoms. The van der Waals surface area contributed by atoms with E-state index in [2.05, 4.69) is 26.0 Å². The summed E-state index contributed by atoms with van der Waals surface area (Å²) in [6.45, 7) is 0.217. The first kappa shape index (κ1) is 14.0. The molecule has 0 aliphatic rings. The Morgan fingerprint density at radius 2 is 2.18 bits per heavy atom. The zero-order valence-electron chi connectivity index (χ0n) is 9.13. The van der Waals surface area contributed by atoms with Gasteiger partial charge in [-0.1, -0.05) is 17.7 Å². The minimum absolute atomic E-state index is 0.133. The Labute approximate surface area is 112 Å². The molecule has 1 rings (SSSR count). The van der Waals surface area contributed by atoms with Crippen LogP contribution in [-0.2, 0) is 9.53 Å². The topological polar surface area (TPSA) is 55.4 Å². The van der Waals surface area contributed by atoms with Gasteiger partial charge in [-0.25, -0.2) is 0 Å². The molecule has 0 aromatic heterocycles. The van der Waals surface area contributed by atoms with E-state index in [-0.39, 0.29) is 24.8 Å². The maximum Gasteiger partial charge on any atom is 0.307 e. The smallest absolute Gasteiger partial charge is 0.307 e. The second-order valence-corrected chi connectivity index (χ2v) is 4.42. The van der Waals surface area contributed by atoms with Crippen molar-refractivity contribution in [2.75, 3.05) is 13.7 Å². The van der Waals surface area contributed by atoms with E-state index in [0.717, 1.165) is 0 Å². The quantitative estimate of drug-likeness (QED) is 0.867. The predicted octanol–water partition coefficient (Wildman–Crippen LogP) is 2.40. The van der Waals surface area contributed by atoms with Crippen molar-refractivity contribution in [2.24, 2.45) is 0 Å². The van der Waals surface area contributed by atoms with Gasteiger partial charge in [0.05, 0.1) is 24.1 Å². The highest BCUT2D eigenvalue weighted by molar-refractivity contribution is 9.10. The average molecular weight is 321 g/mol. The normalized spacial score (nSPS) is 9.82. The van der Waals surface area contributed by atoms with Crippen LogP contribution in [0.1, 0.15) is 16.8 Å². The molecule has 0 aliphatic carbocycles. The Balaban J connectivity index is 2.59. The number of hydrogen-bond donors (Lipinski definition) is 1. The number of nitrogens with one attached hydrogen (secondary N) is 1. The van der Waals surface area contributed by atoms with Gasteiger partial charge in [-0.05, 0) is 28.1 Å². The van der Waals surface area contributed by atoms with Crippen molar-refractivity contribution in [3.05, 3.63) is 33.3 Å². The number of halogens is 2. The lowest BCUT2D eigenvalue weighted by Gasteiger charge is -2.06. The molecule has 0 unspecified atom stereocenters. The average Bonchev–Trinajstić information content (AvgIpc) is 2.32. The van der Waals surface area contributed by atoms with Gasteiger partial charge in [-0.3, -0.25) is 9.59 Å². The molecule has 0 radical (unpaired) electrons. The molecule has 92 valence electrons. The fourth-order valence-electron chi connectivity index (χ4n) is 1.15. The fourth-order valence-corrected chi connectivity index (χ4v) is 1.73. The Morgan fingerprint density at radius 3 is 2.82 bits per heavy atom. The van der Waals surface area contributed by atoms with Gasteiger partial charge in [0, 0.05) is 11.0 Å². The van der Waals surface area contributed by atoms with Gasteiger partial charge in [-0.2, -0.15) is 0 Å². The Hall–Kier alpha value is -1.07. The van der Waals surface area contributed by atoms with Crippen LogP contribution in [0.2, 0.25) is 5.02 Å². The predicted molar refractivity (Wildman–Crippen MR) is 68.1 cm³/mol. The number of benzene rings is 1. The van der Waals surface area contributed by atoms with Crippen LogP contribution in [0, 0.1) is 0 Å². The third-order valence-electron chi connectivity index (χ3n) is 2.04. The van der Waals surface area contributed by atoms with Crippen molar-refractivity contribution < 1.29 is 14.3 Å². The zero-order chi connectivity index (χ0) is 12.8. The van der Waals surface area contributed by atoms with Crippen LogP contribution < -0.4 is 5.32 Å². The highest BCUT2D eigenvalue weighted by Crippen LogP contribution is 2.25. The van der Waals surface area contributed by atoms with Crippen molar-refractivity contribution in [2.45, 2.75) is 6.42 Å². The molecule has 1 amide bonds. The summed E-state index contributed by atoms with van der Waals surface area (Å²) in [5.41, 5.74) is 0.367. The van der Waals surface area contributed by atoms with Crippen LogP contribution in [0.5, 0.6) is 0 Å². The summed E-state index contributed by atoms with van der Waals surface area (Å²) in [5, 5.41) is 2.94. The van der Waals surface area contributed by atoms with Crippen LogP contribution in [0.25, 0.3) is 0 Å². The molecule has 0 fully saturated rings. The van der Waals surface area contributed by atoms with E-state index in [1.165, 1.54) is 7.11 Å². The lowest BCUT2D eigenvalue weighted by Crippen LogP contribution is -2.26. The third-order valence-corrected chi connectivity index (χ3v) is 3.33. The van der Waals surface area contributed by atoms with Gasteiger partial charge >= 0.3 is 5.97 Å². The number of carbonyl (C=O) groups is 2. The molecular weight excluding hydrogens is 309 g/mol. The van der Waals surface area contributed by atoms with E-state index >= 15 is 0 Å². The molecule has 17 heavy (non-hydrogen) atoms. The largest absolute Gasteiger partial charge is 0.469 e. The van der Waals surface area contributed by atoms with Gasteiger partial charge in [0.1, 0.15) is 0 Å². The Bertz CT molecular complexity index is 437. The molecular formula is C11H11BrClNO3. The van der Waals surface area contributed by atoms with E-state index in [1.807, 2.05) is 0 Å². The van der Waals surface area contributed by atoms with Gasteiger partial charge in [0.25, 0.3) is 5.91 Å². The SMILES string of the molecule is COC(=O)CCNC(=O)c1cccc(Br)c1Cl. The Kier molecular flexibility index (Phi) is 5.44. The zero-order valence-corrected chi connectivity index (χ0v) is 11.5. The maximum atomic E-state index is 11.7. The molecule has 0 atom stereocenters. The van der Waals surface area contributed by atoms with Crippen molar-refractivity contribution in [3.63, 3.8) is 0 Å². The number of esters is 1. The molecule has 0 bridgehead atoms. The summed E-state index contributed by atoms with van der Waals surface area (Å²) in [4.78, 5) is 22.6. The first-order valence-corrected chi connectivity index (χ1v) is 6.02. The maximum absolute atomic E-state index is 11.7. The van der Waals surface area contributed by atoms with E-state index in [9.17, 15) is 9.59 Å². The standard InChI is InChI=1S/C11H11BrClNO3/c1-17-9(15)5-6-14-11(16)7-3-2-4-8(12)10(7)13/h2-4H,5-6H2,1H3,(H,14,16). The minimum Gasteiger partial charge on any atom is -0.469 e. The molecule has 0 spiro atoms. The number of ether oxygens (including phenoxy) is 1. The second kappa shape index (κ2) is 6.61. The highest BCUT2D eigenvalue weighted by Gasteiger charge is 2.12. The van der Waals surface area contributed by atoms with Gasteiger partial charge in [-0.15, -0.1) is 0 Å². The van der Waals surface area contributed by atoms with Crippen LogP contribution in [0.4, 0.5) is 0 Å². The van der Waals surface area contributed by atoms with Crippen LogP contribution in [-0.4, -0.2) is 25.5 Å². The Morgan fingerprint density at radius 1 is 1.47 bits per heavy atom. The van der Waals surface area contributed by atoms with Crippen molar-refractivity contribution in [1.29, 1.82) is 0 Å². The molecule has 1 aromatic rings. The molecule has 0 saturated heterocycles. The molecule has 1 aromatic carbocycles. The number of hydrogen-bond acceptors (Lipinski definition) is 3. The second-order valence-electron chi connectivity index (χ2n) is 3.18. The van der Waals surface area contributed by atoms with Crippen LogP contribution in [0.3, 0.4) is 0 Å². The van der Waals surface area contributed by atoms with Gasteiger partial charge < -0.3 is 10.1 Å². The lowest BCUT2D eigenvalue weighted by atomic mass is 10.2. The first-order valence-electron chi connectivity index (χ1n) is 4.85. The number of carbonyl (C=O) groups excluding carboxylic acids is 2. The number of methoxy groups -OCH3 is 1. The fraction of sp³-hybridized carbons (Fsp3) is 0.273. The summed E-state index contributed by atoms with van der Waals surface area (Å²) in [5.74, 6) is -0.689. The summed E-state index contributed by atoms with van der Waals surface area (Å²) in [6.07, 6.45) is 0.133. The number of amides is 1. The molecule has 4 nitrogen and oxygen atoms in total. The van der Waals surface area contributed by atoms with Crippen molar-refractivity contribution in [3.8, 4) is 0 Å². The van der Waals surface area contributed by atoms with E-state index in [0.29, 0.717) is 15.1 Å². The molecule has 0 heterocycles. The first-order chi connectivity index (χ1) is 8.06. The summed E-state index contributed by atoms with van der Waals surface area (Å²) < 4.78 is 5.11. The lowest BCUT2D eigenvalue weighted by molar-refractivity contribution is -0.140. The highest BCUT2D eigenvalue weighted by atomic mass is 79.9. The molecule has 1 N–H and O–H groups in total. The van der Waals surface area contributed by atoms with Crippen LogP contribution in [0.15, 0.2) is 22.7 Å². The van der Waals surface area contributed by atoms with Crippen molar-refractivity contribution in [1.82, 2.24) is 5.32 Å². The minimum atomic E-state index is -0.370.